The van der Waals surface area contributed by atoms with Crippen LogP contribution in [0.5, 0.6) is 5.75 Å². The zero-order valence-corrected chi connectivity index (χ0v) is 17.4. The molecule has 0 spiro atoms. The fraction of sp³-hybridized carbons (Fsp3) is 0.636. The van der Waals surface area contributed by atoms with E-state index in [0.29, 0.717) is 19.5 Å². The largest absolute Gasteiger partial charge is 0.483 e. The molecular formula is C22H34N2O3. The molecule has 5 heteroatoms. The lowest BCUT2D eigenvalue weighted by atomic mass is 9.85. The lowest BCUT2D eigenvalue weighted by Crippen LogP contribution is -2.47. The van der Waals surface area contributed by atoms with E-state index in [1.807, 2.05) is 24.0 Å². The predicted octanol–water partition coefficient (Wildman–Crippen LogP) is 3.58. The predicted molar refractivity (Wildman–Crippen MR) is 108 cm³/mol. The summed E-state index contributed by atoms with van der Waals surface area (Å²) in [6.07, 6.45) is 3.04. The highest BCUT2D eigenvalue weighted by Gasteiger charge is 2.25. The van der Waals surface area contributed by atoms with Crippen LogP contribution in [0.25, 0.3) is 0 Å². The van der Waals surface area contributed by atoms with Crippen molar-refractivity contribution in [2.75, 3.05) is 19.7 Å². The van der Waals surface area contributed by atoms with Crippen LogP contribution < -0.4 is 10.1 Å². The molecule has 27 heavy (non-hydrogen) atoms. The smallest absolute Gasteiger partial charge is 0.260 e. The summed E-state index contributed by atoms with van der Waals surface area (Å²) in [5.41, 5.74) is 2.26. The molecule has 1 aromatic rings. The Kier molecular flexibility index (Phi) is 7.28. The number of aryl methyl sites for hydroxylation is 1. The lowest BCUT2D eigenvalue weighted by Gasteiger charge is -2.32. The summed E-state index contributed by atoms with van der Waals surface area (Å²) in [5, 5.41) is 3.06. The molecule has 2 amide bonds. The van der Waals surface area contributed by atoms with Crippen LogP contribution in [-0.2, 0) is 15.0 Å². The third kappa shape index (κ3) is 6.26. The SMILES string of the molecule is CCCC(=O)NC1CCN(C(=O)COc2ccc(C)cc2C(C)(C)C)CC1. The highest BCUT2D eigenvalue weighted by molar-refractivity contribution is 5.78. The Morgan fingerprint density at radius 3 is 2.48 bits per heavy atom. The van der Waals surface area contributed by atoms with Crippen LogP contribution in [0.1, 0.15) is 64.5 Å². The van der Waals surface area contributed by atoms with E-state index in [9.17, 15) is 9.59 Å². The Bertz CT molecular complexity index is 656. The van der Waals surface area contributed by atoms with E-state index in [4.69, 9.17) is 4.74 Å². The minimum absolute atomic E-state index is 0.00812. The number of nitrogens with one attached hydrogen (secondary N) is 1. The highest BCUT2D eigenvalue weighted by atomic mass is 16.5. The van der Waals surface area contributed by atoms with Crippen molar-refractivity contribution in [2.45, 2.75) is 71.8 Å². The maximum Gasteiger partial charge on any atom is 0.260 e. The van der Waals surface area contributed by atoms with Gasteiger partial charge in [0.05, 0.1) is 0 Å². The first-order valence-electron chi connectivity index (χ1n) is 10.0. The number of benzene rings is 1. The number of likely N-dealkylation sites (tertiary alicyclic amines) is 1. The minimum atomic E-state index is -0.0422. The van der Waals surface area contributed by atoms with Crippen molar-refractivity contribution in [3.8, 4) is 5.75 Å². The number of piperidine rings is 1. The Labute approximate surface area is 163 Å². The molecule has 0 aromatic heterocycles. The number of carbonyl (C=O) groups excluding carboxylic acids is 2. The van der Waals surface area contributed by atoms with Crippen LogP contribution in [0.15, 0.2) is 18.2 Å². The van der Waals surface area contributed by atoms with Gasteiger partial charge in [-0.15, -0.1) is 0 Å². The van der Waals surface area contributed by atoms with Crippen LogP contribution in [-0.4, -0.2) is 42.5 Å². The van der Waals surface area contributed by atoms with E-state index >= 15 is 0 Å². The van der Waals surface area contributed by atoms with Gasteiger partial charge >= 0.3 is 0 Å². The van der Waals surface area contributed by atoms with Gasteiger partial charge in [0.15, 0.2) is 6.61 Å². The van der Waals surface area contributed by atoms with E-state index in [-0.39, 0.29) is 29.9 Å². The summed E-state index contributed by atoms with van der Waals surface area (Å²) in [5.74, 6) is 0.900. The molecule has 1 saturated heterocycles. The first-order chi connectivity index (χ1) is 12.7. The van der Waals surface area contributed by atoms with Crippen LogP contribution in [0.3, 0.4) is 0 Å². The van der Waals surface area contributed by atoms with Crippen molar-refractivity contribution >= 4 is 11.8 Å². The first kappa shape index (κ1) is 21.3. The molecule has 2 rings (SSSR count). The van der Waals surface area contributed by atoms with Crippen LogP contribution in [0, 0.1) is 6.92 Å². The van der Waals surface area contributed by atoms with Gasteiger partial charge in [-0.3, -0.25) is 9.59 Å². The minimum Gasteiger partial charge on any atom is -0.483 e. The molecule has 0 saturated carbocycles. The molecule has 0 aliphatic carbocycles. The molecular weight excluding hydrogens is 340 g/mol. The lowest BCUT2D eigenvalue weighted by molar-refractivity contribution is -0.134. The molecule has 0 radical (unpaired) electrons. The topological polar surface area (TPSA) is 58.6 Å². The summed E-state index contributed by atoms with van der Waals surface area (Å²) in [6, 6.07) is 6.28. The van der Waals surface area contributed by atoms with Gasteiger partial charge in [-0.2, -0.15) is 0 Å². The van der Waals surface area contributed by atoms with Gasteiger partial charge in [0.1, 0.15) is 5.75 Å². The van der Waals surface area contributed by atoms with Crippen molar-refractivity contribution in [3.63, 3.8) is 0 Å². The maximum atomic E-state index is 12.5. The van der Waals surface area contributed by atoms with E-state index in [2.05, 4.69) is 39.1 Å². The fourth-order valence-electron chi connectivity index (χ4n) is 3.39. The molecule has 0 bridgehead atoms. The third-order valence-corrected chi connectivity index (χ3v) is 4.98. The van der Waals surface area contributed by atoms with Gasteiger partial charge in [0, 0.05) is 25.6 Å². The molecule has 1 N–H and O–H groups in total. The molecule has 150 valence electrons. The molecule has 0 atom stereocenters. The van der Waals surface area contributed by atoms with Crippen molar-refractivity contribution < 1.29 is 14.3 Å². The van der Waals surface area contributed by atoms with E-state index in [1.165, 1.54) is 5.56 Å². The molecule has 1 aliphatic rings. The van der Waals surface area contributed by atoms with Crippen molar-refractivity contribution in [3.05, 3.63) is 29.3 Å². The van der Waals surface area contributed by atoms with Gasteiger partial charge < -0.3 is 15.0 Å². The summed E-state index contributed by atoms with van der Waals surface area (Å²) in [7, 11) is 0. The van der Waals surface area contributed by atoms with Crippen molar-refractivity contribution in [1.29, 1.82) is 0 Å². The second kappa shape index (κ2) is 9.25. The summed E-state index contributed by atoms with van der Waals surface area (Å²) in [6.45, 7) is 11.9. The summed E-state index contributed by atoms with van der Waals surface area (Å²) >= 11 is 0. The molecule has 1 aliphatic heterocycles. The number of ether oxygens (including phenoxy) is 1. The second-order valence-corrected chi connectivity index (χ2v) is 8.51. The maximum absolute atomic E-state index is 12.5. The quantitative estimate of drug-likeness (QED) is 0.828. The summed E-state index contributed by atoms with van der Waals surface area (Å²) < 4.78 is 5.90. The Morgan fingerprint density at radius 2 is 1.89 bits per heavy atom. The fourth-order valence-corrected chi connectivity index (χ4v) is 3.39. The monoisotopic (exact) mass is 374 g/mol. The average Bonchev–Trinajstić information content (AvgIpc) is 2.60. The van der Waals surface area contributed by atoms with Crippen LogP contribution in [0.2, 0.25) is 0 Å². The van der Waals surface area contributed by atoms with Gasteiger partial charge in [0.2, 0.25) is 5.91 Å². The van der Waals surface area contributed by atoms with E-state index in [1.54, 1.807) is 0 Å². The normalized spacial score (nSPS) is 15.5. The van der Waals surface area contributed by atoms with E-state index in [0.717, 1.165) is 30.6 Å². The number of nitrogens with zero attached hydrogens (tertiary/aromatic N) is 1. The number of hydrogen-bond acceptors (Lipinski definition) is 3. The Hall–Kier alpha value is -2.04. The molecule has 5 nitrogen and oxygen atoms in total. The molecule has 0 unspecified atom stereocenters. The second-order valence-electron chi connectivity index (χ2n) is 8.51. The third-order valence-electron chi connectivity index (χ3n) is 4.98. The van der Waals surface area contributed by atoms with Crippen molar-refractivity contribution in [2.24, 2.45) is 0 Å². The zero-order chi connectivity index (χ0) is 20.0. The van der Waals surface area contributed by atoms with Crippen LogP contribution >= 0.6 is 0 Å². The number of hydrogen-bond donors (Lipinski definition) is 1. The van der Waals surface area contributed by atoms with Gasteiger partial charge in [-0.05, 0) is 43.2 Å². The Balaban J connectivity index is 1.86. The molecule has 1 fully saturated rings. The first-order valence-corrected chi connectivity index (χ1v) is 10.0. The average molecular weight is 375 g/mol. The molecule has 1 heterocycles. The van der Waals surface area contributed by atoms with Gasteiger partial charge in [-0.1, -0.05) is 45.4 Å². The van der Waals surface area contributed by atoms with Gasteiger partial charge in [-0.25, -0.2) is 0 Å². The summed E-state index contributed by atoms with van der Waals surface area (Å²) in [4.78, 5) is 26.1. The standard InChI is InChI=1S/C22H34N2O3/c1-6-7-20(25)23-17-10-12-24(13-11-17)21(26)15-27-19-9-8-16(2)14-18(19)22(3,4)5/h8-9,14,17H,6-7,10-13,15H2,1-5H3,(H,23,25). The van der Waals surface area contributed by atoms with Crippen molar-refractivity contribution in [1.82, 2.24) is 10.2 Å². The highest BCUT2D eigenvalue weighted by Crippen LogP contribution is 2.32. The zero-order valence-electron chi connectivity index (χ0n) is 17.4. The Morgan fingerprint density at radius 1 is 1.22 bits per heavy atom. The van der Waals surface area contributed by atoms with E-state index < -0.39 is 0 Å². The van der Waals surface area contributed by atoms with Crippen LogP contribution in [0.4, 0.5) is 0 Å². The number of amides is 2. The molecule has 1 aromatic carbocycles. The van der Waals surface area contributed by atoms with Gasteiger partial charge in [0.25, 0.3) is 5.91 Å². The number of rotatable bonds is 6. The number of carbonyl (C=O) groups is 2.